The van der Waals surface area contributed by atoms with Crippen LogP contribution in [0.25, 0.3) is 10.9 Å². The highest BCUT2D eigenvalue weighted by molar-refractivity contribution is 7.10. The van der Waals surface area contributed by atoms with Crippen molar-refractivity contribution in [1.29, 1.82) is 0 Å². The number of carbonyl (C=O) groups is 2. The highest BCUT2D eigenvalue weighted by Crippen LogP contribution is 2.30. The second kappa shape index (κ2) is 8.93. The summed E-state index contributed by atoms with van der Waals surface area (Å²) >= 11 is 1.58. The second-order valence-corrected chi connectivity index (χ2v) is 8.48. The largest absolute Gasteiger partial charge is 0.462 e. The number of esters is 1. The van der Waals surface area contributed by atoms with E-state index in [2.05, 4.69) is 0 Å². The molecule has 7 nitrogen and oxygen atoms in total. The number of piperazine rings is 1. The highest BCUT2D eigenvalue weighted by Gasteiger charge is 2.29. The van der Waals surface area contributed by atoms with E-state index in [4.69, 9.17) is 4.74 Å². The van der Waals surface area contributed by atoms with Crippen LogP contribution in [0.2, 0.25) is 0 Å². The van der Waals surface area contributed by atoms with Crippen molar-refractivity contribution in [3.05, 3.63) is 62.6 Å². The fourth-order valence-electron chi connectivity index (χ4n) is 4.05. The number of anilines is 1. The van der Waals surface area contributed by atoms with E-state index >= 15 is 0 Å². The van der Waals surface area contributed by atoms with Crippen molar-refractivity contribution in [3.8, 4) is 0 Å². The Labute approximate surface area is 184 Å². The maximum Gasteiger partial charge on any atom is 0.345 e. The standard InChI is InChI=1S/C23H25N3O4S/c1-3-30-23(29)20-21(17-8-4-5-9-18(17)24(2)22(20)28)26-12-10-25(11-13-26)19(27)15-16-7-6-14-31-16/h4-9,14H,3,10-13,15H2,1-2H3. The van der Waals surface area contributed by atoms with E-state index in [9.17, 15) is 14.4 Å². The first-order chi connectivity index (χ1) is 15.0. The molecule has 3 heterocycles. The summed E-state index contributed by atoms with van der Waals surface area (Å²) in [5.41, 5.74) is 1.04. The van der Waals surface area contributed by atoms with Crippen LogP contribution in [0.5, 0.6) is 0 Å². The number of benzene rings is 1. The van der Waals surface area contributed by atoms with Crippen molar-refractivity contribution >= 4 is 39.8 Å². The van der Waals surface area contributed by atoms with Crippen LogP contribution in [0.1, 0.15) is 22.2 Å². The summed E-state index contributed by atoms with van der Waals surface area (Å²) in [4.78, 5) is 43.4. The van der Waals surface area contributed by atoms with Crippen LogP contribution in [0.3, 0.4) is 0 Å². The highest BCUT2D eigenvalue weighted by atomic mass is 32.1. The zero-order chi connectivity index (χ0) is 22.0. The van der Waals surface area contributed by atoms with Gasteiger partial charge in [0.2, 0.25) is 5.91 Å². The number of amides is 1. The molecule has 8 heteroatoms. The Hall–Kier alpha value is -3.13. The predicted octanol–water partition coefficient (Wildman–Crippen LogP) is 2.67. The van der Waals surface area contributed by atoms with Gasteiger partial charge < -0.3 is 19.1 Å². The molecule has 0 unspecified atom stereocenters. The quantitative estimate of drug-likeness (QED) is 0.572. The molecule has 0 aliphatic carbocycles. The number of nitrogens with zero attached hydrogens (tertiary/aromatic N) is 3. The molecule has 0 radical (unpaired) electrons. The summed E-state index contributed by atoms with van der Waals surface area (Å²) in [5.74, 6) is -0.512. The molecule has 0 atom stereocenters. The molecule has 1 fully saturated rings. The van der Waals surface area contributed by atoms with Gasteiger partial charge in [0.05, 0.1) is 24.2 Å². The monoisotopic (exact) mass is 439 g/mol. The second-order valence-electron chi connectivity index (χ2n) is 7.45. The van der Waals surface area contributed by atoms with Gasteiger partial charge in [-0.15, -0.1) is 11.3 Å². The minimum Gasteiger partial charge on any atom is -0.462 e. The Morgan fingerprint density at radius 2 is 1.81 bits per heavy atom. The molecule has 1 aromatic carbocycles. The van der Waals surface area contributed by atoms with E-state index in [-0.39, 0.29) is 23.6 Å². The molecule has 3 aromatic rings. The van der Waals surface area contributed by atoms with E-state index in [0.29, 0.717) is 38.3 Å². The van der Waals surface area contributed by atoms with Gasteiger partial charge in [0, 0.05) is 43.5 Å². The number of fused-ring (bicyclic) bond motifs is 1. The van der Waals surface area contributed by atoms with Gasteiger partial charge in [-0.2, -0.15) is 0 Å². The molecule has 162 valence electrons. The summed E-state index contributed by atoms with van der Waals surface area (Å²) < 4.78 is 6.71. The van der Waals surface area contributed by atoms with Crippen LogP contribution in [0.4, 0.5) is 5.69 Å². The molecule has 2 aromatic heterocycles. The summed E-state index contributed by atoms with van der Waals surface area (Å²) in [6.45, 7) is 4.08. The fourth-order valence-corrected chi connectivity index (χ4v) is 4.74. The van der Waals surface area contributed by atoms with Crippen LogP contribution in [-0.2, 0) is 23.0 Å². The lowest BCUT2D eigenvalue weighted by atomic mass is 10.1. The zero-order valence-electron chi connectivity index (χ0n) is 17.7. The average Bonchev–Trinajstić information content (AvgIpc) is 3.29. The Bertz CT molecular complexity index is 1160. The first-order valence-electron chi connectivity index (χ1n) is 10.3. The summed E-state index contributed by atoms with van der Waals surface area (Å²) in [6.07, 6.45) is 0.403. The van der Waals surface area contributed by atoms with Gasteiger partial charge in [-0.05, 0) is 24.4 Å². The lowest BCUT2D eigenvalue weighted by molar-refractivity contribution is -0.130. The maximum absolute atomic E-state index is 13.1. The number of pyridine rings is 1. The molecule has 1 aliphatic heterocycles. The normalized spacial score (nSPS) is 14.1. The first-order valence-corrected chi connectivity index (χ1v) is 11.2. The zero-order valence-corrected chi connectivity index (χ0v) is 18.5. The SMILES string of the molecule is CCOC(=O)c1c(N2CCN(C(=O)Cc3cccs3)CC2)c2ccccc2n(C)c1=O. The van der Waals surface area contributed by atoms with Crippen LogP contribution in [0.15, 0.2) is 46.6 Å². The predicted molar refractivity (Wildman–Crippen MR) is 122 cm³/mol. The number of hydrogen-bond acceptors (Lipinski definition) is 6. The van der Waals surface area contributed by atoms with E-state index < -0.39 is 5.97 Å². The minimum absolute atomic E-state index is 0.0569. The summed E-state index contributed by atoms with van der Waals surface area (Å²) in [6, 6.07) is 11.5. The summed E-state index contributed by atoms with van der Waals surface area (Å²) in [5, 5.41) is 2.80. The molecule has 4 rings (SSSR count). The van der Waals surface area contributed by atoms with Gasteiger partial charge in [-0.3, -0.25) is 9.59 Å². The first kappa shape index (κ1) is 21.1. The lowest BCUT2D eigenvalue weighted by Crippen LogP contribution is -2.50. The molecule has 1 amide bonds. The molecule has 0 N–H and O–H groups in total. The number of rotatable bonds is 5. The van der Waals surface area contributed by atoms with Crippen molar-refractivity contribution in [2.75, 3.05) is 37.7 Å². The van der Waals surface area contributed by atoms with Gasteiger partial charge in [-0.1, -0.05) is 24.3 Å². The van der Waals surface area contributed by atoms with E-state index in [1.807, 2.05) is 51.6 Å². The fraction of sp³-hybridized carbons (Fsp3) is 0.348. The van der Waals surface area contributed by atoms with Crippen LogP contribution >= 0.6 is 11.3 Å². The molecular weight excluding hydrogens is 414 g/mol. The third kappa shape index (κ3) is 4.07. The van der Waals surface area contributed by atoms with Gasteiger partial charge in [0.15, 0.2) is 0 Å². The van der Waals surface area contributed by atoms with Crippen LogP contribution in [0, 0.1) is 0 Å². The number of para-hydroxylation sites is 1. The number of hydrogen-bond donors (Lipinski definition) is 0. The number of aryl methyl sites for hydroxylation is 1. The Balaban J connectivity index is 1.66. The number of thiophene rings is 1. The average molecular weight is 440 g/mol. The third-order valence-electron chi connectivity index (χ3n) is 5.61. The molecule has 0 spiro atoms. The van der Waals surface area contributed by atoms with E-state index in [1.165, 1.54) is 4.57 Å². The molecule has 1 saturated heterocycles. The van der Waals surface area contributed by atoms with Gasteiger partial charge in [-0.25, -0.2) is 4.79 Å². The Morgan fingerprint density at radius 1 is 1.06 bits per heavy atom. The topological polar surface area (TPSA) is 71.8 Å². The molecule has 0 bridgehead atoms. The molecule has 0 saturated carbocycles. The Kier molecular flexibility index (Phi) is 6.08. The smallest absolute Gasteiger partial charge is 0.345 e. The number of aromatic nitrogens is 1. The van der Waals surface area contributed by atoms with Crippen molar-refractivity contribution in [2.45, 2.75) is 13.3 Å². The van der Waals surface area contributed by atoms with Crippen molar-refractivity contribution < 1.29 is 14.3 Å². The van der Waals surface area contributed by atoms with Crippen molar-refractivity contribution in [2.24, 2.45) is 7.05 Å². The summed E-state index contributed by atoms with van der Waals surface area (Å²) in [7, 11) is 1.67. The van der Waals surface area contributed by atoms with Crippen LogP contribution < -0.4 is 10.5 Å². The van der Waals surface area contributed by atoms with Crippen molar-refractivity contribution in [3.63, 3.8) is 0 Å². The van der Waals surface area contributed by atoms with Gasteiger partial charge >= 0.3 is 5.97 Å². The minimum atomic E-state index is -0.611. The van der Waals surface area contributed by atoms with Crippen LogP contribution in [-0.4, -0.2) is 54.1 Å². The van der Waals surface area contributed by atoms with E-state index in [1.54, 1.807) is 25.3 Å². The molecule has 1 aliphatic rings. The Morgan fingerprint density at radius 3 is 2.48 bits per heavy atom. The molecular formula is C23H25N3O4S. The molecule has 31 heavy (non-hydrogen) atoms. The number of ether oxygens (including phenoxy) is 1. The third-order valence-corrected chi connectivity index (χ3v) is 6.49. The van der Waals surface area contributed by atoms with Crippen molar-refractivity contribution in [1.82, 2.24) is 9.47 Å². The maximum atomic E-state index is 13.1. The van der Waals surface area contributed by atoms with Gasteiger partial charge in [0.25, 0.3) is 5.56 Å². The lowest BCUT2D eigenvalue weighted by Gasteiger charge is -2.37. The van der Waals surface area contributed by atoms with E-state index in [0.717, 1.165) is 15.8 Å². The number of carbonyl (C=O) groups excluding carboxylic acids is 2. The van der Waals surface area contributed by atoms with Gasteiger partial charge in [0.1, 0.15) is 5.56 Å².